The summed E-state index contributed by atoms with van der Waals surface area (Å²) in [4.78, 5) is 38.8. The average molecular weight is 579 g/mol. The van der Waals surface area contributed by atoms with Gasteiger partial charge in [-0.05, 0) is 25.3 Å². The van der Waals surface area contributed by atoms with Gasteiger partial charge < -0.3 is 44.2 Å². The van der Waals surface area contributed by atoms with Gasteiger partial charge in [0.1, 0.15) is 22.9 Å². The third-order valence-electron chi connectivity index (χ3n) is 12.2. The Bertz CT molecular complexity index is 1300. The van der Waals surface area contributed by atoms with Crippen molar-refractivity contribution in [3.8, 4) is 0 Å². The third kappa shape index (κ3) is 2.91. The minimum atomic E-state index is -2.35. The van der Waals surface area contributed by atoms with Crippen LogP contribution in [0.2, 0.25) is 0 Å². The number of aliphatic hydroxyl groups excluding tert-OH is 3. The minimum absolute atomic E-state index is 0.126. The molecule has 0 amide bonds. The number of furan rings is 1. The van der Waals surface area contributed by atoms with E-state index in [4.69, 9.17) is 18.6 Å². The van der Waals surface area contributed by atoms with Gasteiger partial charge in [-0.2, -0.15) is 0 Å². The van der Waals surface area contributed by atoms with Crippen molar-refractivity contribution < 1.29 is 58.5 Å². The van der Waals surface area contributed by atoms with Crippen molar-refractivity contribution in [3.05, 3.63) is 24.2 Å². The first-order valence-electron chi connectivity index (χ1n) is 14.0. The SMILES string of the molecule is COC(=O)C(O)C1C2(C)CC3(OC(C)=O)C(C(O)C2O)C2(O)C(CCC4(C)C(c5ccoc5)OC(=O)CC42O)C13C. The molecule has 1 saturated heterocycles. The zero-order chi connectivity index (χ0) is 30.1. The van der Waals surface area contributed by atoms with Crippen molar-refractivity contribution >= 4 is 17.9 Å². The van der Waals surface area contributed by atoms with E-state index in [9.17, 15) is 39.9 Å². The van der Waals surface area contributed by atoms with Gasteiger partial charge in [0, 0.05) is 40.6 Å². The van der Waals surface area contributed by atoms with Crippen LogP contribution in [-0.4, -0.2) is 85.7 Å². The molecule has 2 heterocycles. The van der Waals surface area contributed by atoms with Crippen LogP contribution in [0.5, 0.6) is 0 Å². The van der Waals surface area contributed by atoms with E-state index < -0.39 is 99.5 Å². The molecule has 12 heteroatoms. The maximum absolute atomic E-state index is 13.2. The van der Waals surface area contributed by atoms with Crippen molar-refractivity contribution in [1.29, 1.82) is 0 Å². The summed E-state index contributed by atoms with van der Waals surface area (Å²) in [5, 5.41) is 60.9. The normalized spacial score (nSPS) is 52.2. The quantitative estimate of drug-likeness (QED) is 0.244. The molecular formula is C29H38O12. The molecule has 13 unspecified atom stereocenters. The zero-order valence-corrected chi connectivity index (χ0v) is 23.7. The fraction of sp³-hybridized carbons (Fsp3) is 0.759. The minimum Gasteiger partial charge on any atom is -0.472 e. The second kappa shape index (κ2) is 8.31. The standard InChI is InChI=1S/C29H38O12/c1-13(30)41-27-12-24(2)19(18(33)23(35)38-5)26(27,4)15-6-8-25(3)22(14-7-9-39-11-14)40-16(31)10-28(25,36)29(15,37)20(27)17(32)21(24)34/h7,9,11,15,17-22,32-34,36-37H,6,8,10,12H2,1-5H3. The number of esters is 3. The third-order valence-corrected chi connectivity index (χ3v) is 12.2. The van der Waals surface area contributed by atoms with Gasteiger partial charge in [-0.25, -0.2) is 4.79 Å². The van der Waals surface area contributed by atoms with Gasteiger partial charge in [0.2, 0.25) is 0 Å². The Morgan fingerprint density at radius 2 is 1.85 bits per heavy atom. The van der Waals surface area contributed by atoms with E-state index in [2.05, 4.69) is 0 Å². The molecule has 41 heavy (non-hydrogen) atoms. The first-order valence-corrected chi connectivity index (χ1v) is 14.0. The van der Waals surface area contributed by atoms with E-state index in [1.54, 1.807) is 26.8 Å². The molecule has 6 rings (SSSR count). The van der Waals surface area contributed by atoms with Crippen LogP contribution in [0.4, 0.5) is 0 Å². The highest BCUT2D eigenvalue weighted by molar-refractivity contribution is 5.76. The number of fused-ring (bicyclic) bond motifs is 6. The second-order valence-corrected chi connectivity index (χ2v) is 13.6. The van der Waals surface area contributed by atoms with Gasteiger partial charge in [0.05, 0.1) is 44.2 Å². The molecule has 5 N–H and O–H groups in total. The molecule has 0 radical (unpaired) electrons. The largest absolute Gasteiger partial charge is 0.472 e. The number of hydrogen-bond acceptors (Lipinski definition) is 12. The van der Waals surface area contributed by atoms with Crippen molar-refractivity contribution in [2.45, 2.75) is 94.6 Å². The van der Waals surface area contributed by atoms with Crippen molar-refractivity contribution in [2.24, 2.45) is 34.0 Å². The number of ether oxygens (including phenoxy) is 3. The highest BCUT2D eigenvalue weighted by Gasteiger charge is 2.93. The molecule has 4 aliphatic carbocycles. The molecule has 2 bridgehead atoms. The zero-order valence-electron chi connectivity index (χ0n) is 23.7. The van der Waals surface area contributed by atoms with Gasteiger partial charge in [0.15, 0.2) is 6.10 Å². The predicted octanol–water partition coefficient (Wildman–Crippen LogP) is 0.380. The summed E-state index contributed by atoms with van der Waals surface area (Å²) in [6, 6.07) is 1.60. The molecule has 4 saturated carbocycles. The van der Waals surface area contributed by atoms with Crippen LogP contribution in [-0.2, 0) is 28.6 Å². The van der Waals surface area contributed by atoms with Crippen LogP contribution in [0.1, 0.15) is 65.0 Å². The number of rotatable bonds is 4. The molecule has 1 aromatic heterocycles. The topological polar surface area (TPSA) is 193 Å². The number of aliphatic hydroxyl groups is 5. The van der Waals surface area contributed by atoms with E-state index in [1.165, 1.54) is 19.5 Å². The molecule has 0 spiro atoms. The molecule has 0 aromatic carbocycles. The number of hydrogen-bond donors (Lipinski definition) is 5. The molecule has 12 nitrogen and oxygen atoms in total. The Labute approximate surface area is 236 Å². The smallest absolute Gasteiger partial charge is 0.335 e. The van der Waals surface area contributed by atoms with Gasteiger partial charge in [-0.15, -0.1) is 0 Å². The Morgan fingerprint density at radius 3 is 2.44 bits per heavy atom. The van der Waals surface area contributed by atoms with E-state index in [0.717, 1.165) is 7.11 Å². The van der Waals surface area contributed by atoms with Gasteiger partial charge in [-0.3, -0.25) is 9.59 Å². The van der Waals surface area contributed by atoms with E-state index >= 15 is 0 Å². The number of carbonyl (C=O) groups excluding carboxylic acids is 3. The van der Waals surface area contributed by atoms with Crippen LogP contribution in [0.25, 0.3) is 0 Å². The van der Waals surface area contributed by atoms with E-state index in [1.807, 2.05) is 0 Å². The fourth-order valence-corrected chi connectivity index (χ4v) is 10.8. The maximum Gasteiger partial charge on any atom is 0.335 e. The van der Waals surface area contributed by atoms with E-state index in [0.29, 0.717) is 5.56 Å². The summed E-state index contributed by atoms with van der Waals surface area (Å²) in [6.45, 7) is 6.14. The van der Waals surface area contributed by atoms with Crippen LogP contribution >= 0.6 is 0 Å². The molecule has 5 aliphatic rings. The molecule has 5 fully saturated rings. The summed E-state index contributed by atoms with van der Waals surface area (Å²) in [5.74, 6) is -6.19. The molecule has 226 valence electrons. The maximum atomic E-state index is 13.2. The summed E-state index contributed by atoms with van der Waals surface area (Å²) >= 11 is 0. The Kier molecular flexibility index (Phi) is 5.80. The molecule has 13 atom stereocenters. The second-order valence-electron chi connectivity index (χ2n) is 13.6. The number of methoxy groups -OCH3 is 1. The molecule has 1 aromatic rings. The summed E-state index contributed by atoms with van der Waals surface area (Å²) in [5.41, 5.74) is -10.0. The summed E-state index contributed by atoms with van der Waals surface area (Å²) in [7, 11) is 1.11. The predicted molar refractivity (Wildman–Crippen MR) is 135 cm³/mol. The Morgan fingerprint density at radius 1 is 1.17 bits per heavy atom. The highest BCUT2D eigenvalue weighted by Crippen LogP contribution is 2.83. The Hall–Kier alpha value is -2.51. The van der Waals surface area contributed by atoms with Gasteiger partial charge in [0.25, 0.3) is 0 Å². The summed E-state index contributed by atoms with van der Waals surface area (Å²) < 4.78 is 22.0. The fourth-order valence-electron chi connectivity index (χ4n) is 10.8. The highest BCUT2D eigenvalue weighted by atomic mass is 16.6. The number of carbonyl (C=O) groups is 3. The monoisotopic (exact) mass is 578 g/mol. The lowest BCUT2D eigenvalue weighted by molar-refractivity contribution is -0.335. The summed E-state index contributed by atoms with van der Waals surface area (Å²) in [6.07, 6.45) is -3.80. The van der Waals surface area contributed by atoms with Crippen LogP contribution in [0.3, 0.4) is 0 Å². The lowest BCUT2D eigenvalue weighted by Gasteiger charge is -2.66. The van der Waals surface area contributed by atoms with Crippen LogP contribution in [0, 0.1) is 34.0 Å². The molecule has 1 aliphatic heterocycles. The van der Waals surface area contributed by atoms with Crippen molar-refractivity contribution in [1.82, 2.24) is 0 Å². The van der Waals surface area contributed by atoms with Crippen LogP contribution in [0.15, 0.2) is 23.0 Å². The first-order chi connectivity index (χ1) is 19.0. The van der Waals surface area contributed by atoms with Gasteiger partial charge in [-0.1, -0.05) is 20.8 Å². The number of cyclic esters (lactones) is 1. The van der Waals surface area contributed by atoms with Crippen molar-refractivity contribution in [2.75, 3.05) is 7.11 Å². The lowest BCUT2D eigenvalue weighted by Crippen LogP contribution is -2.78. The average Bonchev–Trinajstić information content (AvgIpc) is 3.51. The first kappa shape index (κ1) is 28.6. The van der Waals surface area contributed by atoms with Gasteiger partial charge >= 0.3 is 17.9 Å². The molecular weight excluding hydrogens is 540 g/mol. The lowest BCUT2D eigenvalue weighted by atomic mass is 9.44. The Balaban J connectivity index is 1.64. The van der Waals surface area contributed by atoms with E-state index in [-0.39, 0.29) is 19.3 Å². The van der Waals surface area contributed by atoms with Crippen molar-refractivity contribution in [3.63, 3.8) is 0 Å². The van der Waals surface area contributed by atoms with Crippen LogP contribution < -0.4 is 0 Å².